The first-order chi connectivity index (χ1) is 8.76. The Morgan fingerprint density at radius 1 is 1.17 bits per heavy atom. The van der Waals surface area contributed by atoms with Gasteiger partial charge in [0.1, 0.15) is 0 Å². The highest BCUT2D eigenvalue weighted by atomic mass is 16.2. The van der Waals surface area contributed by atoms with Crippen molar-refractivity contribution in [1.29, 1.82) is 0 Å². The molecule has 0 aromatic heterocycles. The predicted octanol–water partition coefficient (Wildman–Crippen LogP) is 3.46. The zero-order chi connectivity index (χ0) is 12.5. The third-order valence-electron chi connectivity index (χ3n) is 5.34. The summed E-state index contributed by atoms with van der Waals surface area (Å²) in [7, 11) is 0. The van der Waals surface area contributed by atoms with Crippen molar-refractivity contribution in [2.45, 2.75) is 58.3 Å². The van der Waals surface area contributed by atoms with Gasteiger partial charge in [-0.05, 0) is 62.2 Å². The molecule has 0 aliphatic heterocycles. The van der Waals surface area contributed by atoms with Gasteiger partial charge in [0.2, 0.25) is 5.91 Å². The van der Waals surface area contributed by atoms with Gasteiger partial charge in [0.25, 0.3) is 0 Å². The van der Waals surface area contributed by atoms with E-state index in [1.165, 1.54) is 38.5 Å². The van der Waals surface area contributed by atoms with Crippen molar-refractivity contribution in [1.82, 2.24) is 4.90 Å². The van der Waals surface area contributed by atoms with Gasteiger partial charge in [0.15, 0.2) is 0 Å². The van der Waals surface area contributed by atoms with Gasteiger partial charge >= 0.3 is 0 Å². The standard InChI is InChI=1S/C16H27NO/c1-2-7-17(11-12-3-4-12)16(18)10-15-9-13-5-6-14(15)8-13/h12-15H,2-11H2,1H3. The minimum absolute atomic E-state index is 0.460. The SMILES string of the molecule is CCCN(CC1CC1)C(=O)CC1CC2CCC1C2. The number of carbonyl (C=O) groups is 1. The quantitative estimate of drug-likeness (QED) is 0.706. The molecule has 3 unspecified atom stereocenters. The Balaban J connectivity index is 1.51. The zero-order valence-electron chi connectivity index (χ0n) is 11.7. The van der Waals surface area contributed by atoms with Crippen LogP contribution in [0.5, 0.6) is 0 Å². The van der Waals surface area contributed by atoms with E-state index in [1.807, 2.05) is 0 Å². The van der Waals surface area contributed by atoms with Gasteiger partial charge in [-0.25, -0.2) is 0 Å². The molecule has 0 aromatic carbocycles. The van der Waals surface area contributed by atoms with Crippen LogP contribution < -0.4 is 0 Å². The summed E-state index contributed by atoms with van der Waals surface area (Å²) in [4.78, 5) is 14.6. The summed E-state index contributed by atoms with van der Waals surface area (Å²) in [5, 5.41) is 0. The van der Waals surface area contributed by atoms with Crippen LogP contribution in [0.25, 0.3) is 0 Å². The Hall–Kier alpha value is -0.530. The van der Waals surface area contributed by atoms with Crippen molar-refractivity contribution < 1.29 is 4.79 Å². The van der Waals surface area contributed by atoms with Crippen LogP contribution in [-0.2, 0) is 4.79 Å². The molecule has 0 radical (unpaired) electrons. The lowest BCUT2D eigenvalue weighted by Gasteiger charge is -2.27. The molecule has 2 nitrogen and oxygen atoms in total. The van der Waals surface area contributed by atoms with Gasteiger partial charge < -0.3 is 4.90 Å². The molecular formula is C16H27NO. The second-order valence-electron chi connectivity index (χ2n) is 6.92. The summed E-state index contributed by atoms with van der Waals surface area (Å²) >= 11 is 0. The average Bonchev–Trinajstić information content (AvgIpc) is 2.93. The molecule has 18 heavy (non-hydrogen) atoms. The molecule has 2 bridgehead atoms. The molecule has 0 heterocycles. The normalized spacial score (nSPS) is 33.9. The Bertz CT molecular complexity index is 310. The zero-order valence-corrected chi connectivity index (χ0v) is 11.7. The van der Waals surface area contributed by atoms with E-state index in [1.54, 1.807) is 0 Å². The summed E-state index contributed by atoms with van der Waals surface area (Å²) < 4.78 is 0. The van der Waals surface area contributed by atoms with Crippen LogP contribution in [0.15, 0.2) is 0 Å². The summed E-state index contributed by atoms with van der Waals surface area (Å²) in [5.41, 5.74) is 0. The van der Waals surface area contributed by atoms with Gasteiger partial charge in [-0.2, -0.15) is 0 Å². The van der Waals surface area contributed by atoms with E-state index in [2.05, 4.69) is 11.8 Å². The number of carbonyl (C=O) groups excluding carboxylic acids is 1. The topological polar surface area (TPSA) is 20.3 Å². The summed E-state index contributed by atoms with van der Waals surface area (Å²) in [5.74, 6) is 3.89. The van der Waals surface area contributed by atoms with Gasteiger partial charge in [0.05, 0.1) is 0 Å². The van der Waals surface area contributed by atoms with E-state index in [9.17, 15) is 4.79 Å². The number of fused-ring (bicyclic) bond motifs is 2. The highest BCUT2D eigenvalue weighted by Gasteiger charge is 2.40. The first-order valence-corrected chi connectivity index (χ1v) is 8.04. The van der Waals surface area contributed by atoms with E-state index >= 15 is 0 Å². The smallest absolute Gasteiger partial charge is 0.222 e. The Morgan fingerprint density at radius 2 is 2.00 bits per heavy atom. The number of hydrogen-bond donors (Lipinski definition) is 0. The van der Waals surface area contributed by atoms with E-state index in [0.717, 1.165) is 49.6 Å². The fourth-order valence-corrected chi connectivity index (χ4v) is 4.18. The van der Waals surface area contributed by atoms with E-state index < -0.39 is 0 Å². The maximum absolute atomic E-state index is 12.5. The monoisotopic (exact) mass is 249 g/mol. The van der Waals surface area contributed by atoms with Crippen LogP contribution in [0, 0.1) is 23.7 Å². The summed E-state index contributed by atoms with van der Waals surface area (Å²) in [6.07, 6.45) is 10.3. The molecule has 3 aliphatic rings. The molecule has 0 aromatic rings. The largest absolute Gasteiger partial charge is 0.342 e. The van der Waals surface area contributed by atoms with Gasteiger partial charge in [0, 0.05) is 19.5 Å². The highest BCUT2D eigenvalue weighted by Crippen LogP contribution is 2.49. The molecule has 3 atom stereocenters. The molecule has 102 valence electrons. The Morgan fingerprint density at radius 3 is 2.56 bits per heavy atom. The second kappa shape index (κ2) is 5.22. The first-order valence-electron chi connectivity index (χ1n) is 8.04. The molecule has 0 N–H and O–H groups in total. The Labute approximate surface area is 111 Å². The van der Waals surface area contributed by atoms with E-state index in [4.69, 9.17) is 0 Å². The van der Waals surface area contributed by atoms with Crippen molar-refractivity contribution >= 4 is 5.91 Å². The predicted molar refractivity (Wildman–Crippen MR) is 73.2 cm³/mol. The summed E-state index contributed by atoms with van der Waals surface area (Å²) in [6.45, 7) is 4.22. The van der Waals surface area contributed by atoms with Crippen molar-refractivity contribution in [3.8, 4) is 0 Å². The van der Waals surface area contributed by atoms with Gasteiger partial charge in [-0.3, -0.25) is 4.79 Å². The maximum Gasteiger partial charge on any atom is 0.222 e. The van der Waals surface area contributed by atoms with E-state index in [0.29, 0.717) is 5.91 Å². The summed E-state index contributed by atoms with van der Waals surface area (Å²) in [6, 6.07) is 0. The van der Waals surface area contributed by atoms with Crippen LogP contribution in [0.4, 0.5) is 0 Å². The third-order valence-corrected chi connectivity index (χ3v) is 5.34. The van der Waals surface area contributed by atoms with Crippen LogP contribution in [0.3, 0.4) is 0 Å². The minimum Gasteiger partial charge on any atom is -0.342 e. The van der Waals surface area contributed by atoms with Crippen LogP contribution in [0.2, 0.25) is 0 Å². The van der Waals surface area contributed by atoms with Crippen molar-refractivity contribution in [3.63, 3.8) is 0 Å². The lowest BCUT2D eigenvalue weighted by Crippen LogP contribution is -2.35. The van der Waals surface area contributed by atoms with Gasteiger partial charge in [-0.15, -0.1) is 0 Å². The van der Waals surface area contributed by atoms with Crippen LogP contribution >= 0.6 is 0 Å². The van der Waals surface area contributed by atoms with Crippen LogP contribution in [-0.4, -0.2) is 23.9 Å². The molecule has 2 heteroatoms. The molecule has 3 saturated carbocycles. The van der Waals surface area contributed by atoms with Gasteiger partial charge in [-0.1, -0.05) is 13.3 Å². The van der Waals surface area contributed by atoms with E-state index in [-0.39, 0.29) is 0 Å². The maximum atomic E-state index is 12.5. The number of rotatable bonds is 6. The number of nitrogens with zero attached hydrogens (tertiary/aromatic N) is 1. The lowest BCUT2D eigenvalue weighted by molar-refractivity contribution is -0.132. The van der Waals surface area contributed by atoms with Crippen molar-refractivity contribution in [3.05, 3.63) is 0 Å². The molecule has 0 spiro atoms. The molecule has 3 rings (SSSR count). The lowest BCUT2D eigenvalue weighted by atomic mass is 9.86. The minimum atomic E-state index is 0.460. The molecule has 3 fully saturated rings. The molecule has 0 saturated heterocycles. The second-order valence-corrected chi connectivity index (χ2v) is 6.92. The fraction of sp³-hybridized carbons (Fsp3) is 0.938. The Kier molecular flexibility index (Phi) is 3.63. The highest BCUT2D eigenvalue weighted by molar-refractivity contribution is 5.76. The van der Waals surface area contributed by atoms with Crippen LogP contribution in [0.1, 0.15) is 58.3 Å². The van der Waals surface area contributed by atoms with Crippen molar-refractivity contribution in [2.75, 3.05) is 13.1 Å². The fourth-order valence-electron chi connectivity index (χ4n) is 4.18. The molecule has 3 aliphatic carbocycles. The van der Waals surface area contributed by atoms with Crippen molar-refractivity contribution in [2.24, 2.45) is 23.7 Å². The average molecular weight is 249 g/mol. The third kappa shape index (κ3) is 2.73. The number of hydrogen-bond acceptors (Lipinski definition) is 1. The molecular weight excluding hydrogens is 222 g/mol. The number of amides is 1. The molecule has 1 amide bonds. The first kappa shape index (κ1) is 12.5.